The van der Waals surface area contributed by atoms with Gasteiger partial charge in [0.1, 0.15) is 34.5 Å². The third kappa shape index (κ3) is 7.35. The number of rotatable bonds is 8. The first kappa shape index (κ1) is 32.9. The molecule has 1 aliphatic rings. The number of carbonyl (C=O) groups excluding carboxylic acids is 2. The van der Waals surface area contributed by atoms with E-state index in [1.807, 2.05) is 57.2 Å². The Kier molecular flexibility index (Phi) is 9.46. The summed E-state index contributed by atoms with van der Waals surface area (Å²) in [5.41, 5.74) is 1.17. The Hall–Kier alpha value is -5.45. The zero-order chi connectivity index (χ0) is 33.9. The molecular weight excluding hydrogens is 604 g/mol. The maximum absolute atomic E-state index is 13.4. The molecule has 4 aromatic rings. The molecule has 1 unspecified atom stereocenters. The van der Waals surface area contributed by atoms with Crippen LogP contribution in [-0.4, -0.2) is 63.0 Å². The van der Waals surface area contributed by atoms with Gasteiger partial charge in [-0.3, -0.25) is 4.79 Å². The number of ether oxygens (including phenoxy) is 5. The first-order valence-corrected chi connectivity index (χ1v) is 15.0. The molecule has 0 aliphatic carbocycles. The topological polar surface area (TPSA) is 126 Å². The van der Waals surface area contributed by atoms with Crippen molar-refractivity contribution in [2.45, 2.75) is 39.4 Å². The molecule has 0 saturated carbocycles. The van der Waals surface area contributed by atoms with E-state index in [9.17, 15) is 14.4 Å². The summed E-state index contributed by atoms with van der Waals surface area (Å²) in [6.45, 7) is 7.83. The summed E-state index contributed by atoms with van der Waals surface area (Å²) in [5, 5.41) is 3.20. The Labute approximate surface area is 272 Å². The van der Waals surface area contributed by atoms with Gasteiger partial charge in [-0.1, -0.05) is 18.2 Å². The minimum atomic E-state index is -0.736. The lowest BCUT2D eigenvalue weighted by atomic mass is 10.0. The van der Waals surface area contributed by atoms with Crippen LogP contribution in [0.2, 0.25) is 0 Å². The SMILES string of the molecule is COc1cccc(-c2cc(C(=O)Nc3cc4cc(OC)c(OC5C=CCN(C(=O)OC(C)(C)C)C5)c(C)c4oc3=O)ccc2OC)c1. The second-order valence-electron chi connectivity index (χ2n) is 12.0. The average Bonchev–Trinajstić information content (AvgIpc) is 3.05. The number of anilines is 1. The Morgan fingerprint density at radius 3 is 2.43 bits per heavy atom. The Morgan fingerprint density at radius 2 is 1.72 bits per heavy atom. The van der Waals surface area contributed by atoms with Gasteiger partial charge in [-0.25, -0.2) is 9.59 Å². The number of hydrogen-bond acceptors (Lipinski definition) is 9. The van der Waals surface area contributed by atoms with Gasteiger partial charge in [0.2, 0.25) is 0 Å². The number of methoxy groups -OCH3 is 3. The Balaban J connectivity index is 1.41. The van der Waals surface area contributed by atoms with Crippen LogP contribution in [-0.2, 0) is 4.74 Å². The maximum atomic E-state index is 13.4. The molecule has 0 spiro atoms. The Morgan fingerprint density at radius 1 is 0.957 bits per heavy atom. The summed E-state index contributed by atoms with van der Waals surface area (Å²) in [6.07, 6.45) is 2.75. The highest BCUT2D eigenvalue weighted by atomic mass is 16.6. The summed E-state index contributed by atoms with van der Waals surface area (Å²) in [4.78, 5) is 40.7. The predicted molar refractivity (Wildman–Crippen MR) is 178 cm³/mol. The lowest BCUT2D eigenvalue weighted by molar-refractivity contribution is 0.0204. The first-order valence-electron chi connectivity index (χ1n) is 15.0. The molecule has 0 radical (unpaired) electrons. The van der Waals surface area contributed by atoms with Gasteiger partial charge >= 0.3 is 11.7 Å². The lowest BCUT2D eigenvalue weighted by Crippen LogP contribution is -2.44. The quantitative estimate of drug-likeness (QED) is 0.167. The third-order valence-corrected chi connectivity index (χ3v) is 7.48. The molecular formula is C36H38N2O9. The molecule has 5 rings (SSSR count). The number of benzene rings is 3. The molecule has 0 saturated heterocycles. The molecule has 3 aromatic carbocycles. The Bertz CT molecular complexity index is 1910. The summed E-state index contributed by atoms with van der Waals surface area (Å²) in [7, 11) is 4.63. The molecule has 11 nitrogen and oxygen atoms in total. The van der Waals surface area contributed by atoms with Crippen molar-refractivity contribution in [3.63, 3.8) is 0 Å². The van der Waals surface area contributed by atoms with Crippen LogP contribution in [0.5, 0.6) is 23.0 Å². The van der Waals surface area contributed by atoms with Gasteiger partial charge in [-0.05, 0) is 81.8 Å². The van der Waals surface area contributed by atoms with E-state index < -0.39 is 29.3 Å². The molecule has 0 bridgehead atoms. The smallest absolute Gasteiger partial charge is 0.410 e. The van der Waals surface area contributed by atoms with Crippen molar-refractivity contribution < 1.29 is 37.7 Å². The van der Waals surface area contributed by atoms with E-state index in [-0.39, 0.29) is 17.8 Å². The van der Waals surface area contributed by atoms with Crippen LogP contribution < -0.4 is 29.9 Å². The molecule has 1 atom stereocenters. The van der Waals surface area contributed by atoms with E-state index in [2.05, 4.69) is 5.32 Å². The van der Waals surface area contributed by atoms with E-state index >= 15 is 0 Å². The largest absolute Gasteiger partial charge is 0.497 e. The summed E-state index contributed by atoms with van der Waals surface area (Å²) in [5.74, 6) is 1.48. The number of nitrogens with one attached hydrogen (secondary N) is 1. The predicted octanol–water partition coefficient (Wildman–Crippen LogP) is 6.60. The summed E-state index contributed by atoms with van der Waals surface area (Å²) < 4.78 is 34.0. The van der Waals surface area contributed by atoms with Crippen molar-refractivity contribution >= 4 is 28.7 Å². The van der Waals surface area contributed by atoms with E-state index in [0.29, 0.717) is 51.6 Å². The first-order chi connectivity index (χ1) is 22.4. The number of hydrogen-bond donors (Lipinski definition) is 1. The third-order valence-electron chi connectivity index (χ3n) is 7.48. The standard InChI is InChI=1S/C36H38N2O9/c1-21-31-24(19-30(44-7)32(21)45-26-12-9-15-38(20-26)35(41)47-36(2,3)4)18-28(34(40)46-31)37-33(39)23-13-14-29(43-6)27(17-23)22-10-8-11-25(16-22)42-5/h8-14,16-19,26H,15,20H2,1-7H3,(H,37,39). The number of carbonyl (C=O) groups is 2. The van der Waals surface area contributed by atoms with E-state index in [1.54, 1.807) is 50.3 Å². The van der Waals surface area contributed by atoms with E-state index in [4.69, 9.17) is 28.1 Å². The van der Waals surface area contributed by atoms with E-state index in [0.717, 1.165) is 5.56 Å². The highest BCUT2D eigenvalue weighted by Gasteiger charge is 2.28. The molecule has 1 N–H and O–H groups in total. The van der Waals surface area contributed by atoms with Gasteiger partial charge in [0, 0.05) is 28.6 Å². The fourth-order valence-corrected chi connectivity index (χ4v) is 5.22. The fourth-order valence-electron chi connectivity index (χ4n) is 5.22. The van der Waals surface area contributed by atoms with Crippen molar-refractivity contribution in [3.8, 4) is 34.1 Å². The highest BCUT2D eigenvalue weighted by Crippen LogP contribution is 2.39. The summed E-state index contributed by atoms with van der Waals surface area (Å²) in [6, 6.07) is 15.6. The molecule has 11 heteroatoms. The number of aryl methyl sites for hydroxylation is 1. The molecule has 1 aromatic heterocycles. The van der Waals surface area contributed by atoms with Crippen LogP contribution >= 0.6 is 0 Å². The zero-order valence-electron chi connectivity index (χ0n) is 27.5. The van der Waals surface area contributed by atoms with Crippen LogP contribution in [0.1, 0.15) is 36.7 Å². The maximum Gasteiger partial charge on any atom is 0.410 e. The van der Waals surface area contributed by atoms with Gasteiger partial charge in [-0.2, -0.15) is 0 Å². The van der Waals surface area contributed by atoms with Gasteiger partial charge in [0.25, 0.3) is 5.91 Å². The lowest BCUT2D eigenvalue weighted by Gasteiger charge is -2.31. The van der Waals surface area contributed by atoms with Crippen LogP contribution in [0.25, 0.3) is 22.1 Å². The second-order valence-corrected chi connectivity index (χ2v) is 12.0. The van der Waals surface area contributed by atoms with Crippen molar-refractivity contribution in [2.75, 3.05) is 39.7 Å². The average molecular weight is 643 g/mol. The molecule has 47 heavy (non-hydrogen) atoms. The van der Waals surface area contributed by atoms with Gasteiger partial charge in [0.15, 0.2) is 11.5 Å². The van der Waals surface area contributed by atoms with Crippen LogP contribution in [0.15, 0.2) is 76.0 Å². The van der Waals surface area contributed by atoms with Crippen molar-refractivity contribution in [1.82, 2.24) is 4.90 Å². The van der Waals surface area contributed by atoms with Crippen molar-refractivity contribution in [3.05, 3.63) is 88.3 Å². The minimum Gasteiger partial charge on any atom is -0.497 e. The molecule has 246 valence electrons. The minimum absolute atomic E-state index is 0.0420. The van der Waals surface area contributed by atoms with Crippen LogP contribution in [0, 0.1) is 6.92 Å². The number of amides is 2. The summed E-state index contributed by atoms with van der Waals surface area (Å²) >= 11 is 0. The van der Waals surface area contributed by atoms with Crippen LogP contribution in [0.3, 0.4) is 0 Å². The number of fused-ring (bicyclic) bond motifs is 1. The monoisotopic (exact) mass is 642 g/mol. The van der Waals surface area contributed by atoms with Gasteiger partial charge in [0.05, 0.1) is 27.9 Å². The zero-order valence-corrected chi connectivity index (χ0v) is 27.5. The van der Waals surface area contributed by atoms with Gasteiger partial charge in [-0.15, -0.1) is 0 Å². The molecule has 1 aliphatic heterocycles. The van der Waals surface area contributed by atoms with Crippen molar-refractivity contribution in [1.29, 1.82) is 0 Å². The van der Waals surface area contributed by atoms with Gasteiger partial charge < -0.3 is 38.3 Å². The van der Waals surface area contributed by atoms with Crippen LogP contribution in [0.4, 0.5) is 10.5 Å². The van der Waals surface area contributed by atoms with E-state index in [1.165, 1.54) is 13.2 Å². The molecule has 2 heterocycles. The fraction of sp³-hybridized carbons (Fsp3) is 0.306. The number of nitrogens with zero attached hydrogens (tertiary/aromatic N) is 1. The highest BCUT2D eigenvalue weighted by molar-refractivity contribution is 6.06. The molecule has 0 fully saturated rings. The normalized spacial score (nSPS) is 14.4. The second kappa shape index (κ2) is 13.5. The van der Waals surface area contributed by atoms with Crippen molar-refractivity contribution in [2.24, 2.45) is 0 Å². The molecule has 2 amide bonds.